The average molecular weight is 462 g/mol. The first-order valence-electron chi connectivity index (χ1n) is 10.1. The summed E-state index contributed by atoms with van der Waals surface area (Å²) in [5, 5.41) is 3.66. The number of ether oxygens (including phenoxy) is 1. The SMILES string of the molecule is CCOc1ccc(NC(=O)C(CC(C)C)NS(=O)(=O)c2ccc3nc(C)sc3c2)cc1. The van der Waals surface area contributed by atoms with Gasteiger partial charge in [-0.2, -0.15) is 4.72 Å². The van der Waals surface area contributed by atoms with Crippen LogP contribution in [0.15, 0.2) is 47.4 Å². The number of hydrogen-bond acceptors (Lipinski definition) is 6. The number of hydrogen-bond donors (Lipinski definition) is 2. The van der Waals surface area contributed by atoms with E-state index in [0.29, 0.717) is 24.5 Å². The zero-order chi connectivity index (χ0) is 22.6. The van der Waals surface area contributed by atoms with Crippen LogP contribution in [0.5, 0.6) is 5.75 Å². The largest absolute Gasteiger partial charge is 0.494 e. The molecule has 9 heteroatoms. The van der Waals surface area contributed by atoms with Crippen molar-refractivity contribution in [2.24, 2.45) is 5.92 Å². The normalized spacial score (nSPS) is 12.8. The molecule has 3 rings (SSSR count). The van der Waals surface area contributed by atoms with Crippen LogP contribution in [-0.4, -0.2) is 32.0 Å². The van der Waals surface area contributed by atoms with Crippen LogP contribution in [0.3, 0.4) is 0 Å². The smallest absolute Gasteiger partial charge is 0.242 e. The molecule has 0 saturated heterocycles. The van der Waals surface area contributed by atoms with Crippen molar-refractivity contribution >= 4 is 43.2 Å². The Balaban J connectivity index is 1.79. The van der Waals surface area contributed by atoms with E-state index in [1.807, 2.05) is 27.7 Å². The zero-order valence-electron chi connectivity index (χ0n) is 18.0. The molecule has 0 aliphatic carbocycles. The number of anilines is 1. The van der Waals surface area contributed by atoms with Crippen LogP contribution in [0, 0.1) is 12.8 Å². The van der Waals surface area contributed by atoms with E-state index in [1.165, 1.54) is 17.4 Å². The van der Waals surface area contributed by atoms with E-state index < -0.39 is 22.0 Å². The van der Waals surface area contributed by atoms with E-state index in [9.17, 15) is 13.2 Å². The van der Waals surface area contributed by atoms with E-state index in [1.54, 1.807) is 36.4 Å². The molecule has 0 spiro atoms. The van der Waals surface area contributed by atoms with Gasteiger partial charge in [0.25, 0.3) is 0 Å². The van der Waals surface area contributed by atoms with E-state index in [0.717, 1.165) is 15.2 Å². The Hall–Kier alpha value is -2.49. The van der Waals surface area contributed by atoms with Gasteiger partial charge in [0.2, 0.25) is 15.9 Å². The molecule has 0 radical (unpaired) electrons. The fourth-order valence-electron chi connectivity index (χ4n) is 3.15. The standard InChI is InChI=1S/C22H27N3O4S2/c1-5-29-17-8-6-16(7-9-17)24-22(26)20(12-14(2)3)25-31(27,28)18-10-11-19-21(13-18)30-15(4)23-19/h6-11,13-14,20,25H,5,12H2,1-4H3,(H,24,26). The molecule has 7 nitrogen and oxygen atoms in total. The maximum Gasteiger partial charge on any atom is 0.242 e. The molecule has 166 valence electrons. The molecular weight excluding hydrogens is 434 g/mol. The maximum absolute atomic E-state index is 13.0. The highest BCUT2D eigenvalue weighted by atomic mass is 32.2. The first-order valence-corrected chi connectivity index (χ1v) is 12.4. The van der Waals surface area contributed by atoms with Crippen LogP contribution >= 0.6 is 11.3 Å². The van der Waals surface area contributed by atoms with Crippen LogP contribution in [0.2, 0.25) is 0 Å². The summed E-state index contributed by atoms with van der Waals surface area (Å²) in [6, 6.07) is 10.9. The number of aryl methyl sites for hydroxylation is 1. The molecule has 2 N–H and O–H groups in total. The van der Waals surface area contributed by atoms with Gasteiger partial charge >= 0.3 is 0 Å². The number of sulfonamides is 1. The van der Waals surface area contributed by atoms with Gasteiger partial charge in [0, 0.05) is 5.69 Å². The van der Waals surface area contributed by atoms with E-state index in [-0.39, 0.29) is 10.8 Å². The fourth-order valence-corrected chi connectivity index (χ4v) is 5.33. The van der Waals surface area contributed by atoms with Crippen LogP contribution in [0.4, 0.5) is 5.69 Å². The Bertz CT molecular complexity index is 1160. The van der Waals surface area contributed by atoms with Gasteiger partial charge in [-0.15, -0.1) is 11.3 Å². The lowest BCUT2D eigenvalue weighted by atomic mass is 10.0. The first kappa shape index (κ1) is 23.2. The van der Waals surface area contributed by atoms with E-state index >= 15 is 0 Å². The third kappa shape index (κ3) is 6.03. The Morgan fingerprint density at radius 2 is 1.87 bits per heavy atom. The highest BCUT2D eigenvalue weighted by Gasteiger charge is 2.27. The minimum Gasteiger partial charge on any atom is -0.494 e. The number of carbonyl (C=O) groups excluding carboxylic acids is 1. The number of amides is 1. The number of fused-ring (bicyclic) bond motifs is 1. The monoisotopic (exact) mass is 461 g/mol. The lowest BCUT2D eigenvalue weighted by molar-refractivity contribution is -0.118. The lowest BCUT2D eigenvalue weighted by Crippen LogP contribution is -2.44. The number of nitrogens with zero attached hydrogens (tertiary/aromatic N) is 1. The first-order chi connectivity index (χ1) is 14.7. The number of rotatable bonds is 9. The molecule has 31 heavy (non-hydrogen) atoms. The number of benzene rings is 2. The summed E-state index contributed by atoms with van der Waals surface area (Å²) in [7, 11) is -3.89. The molecule has 1 atom stereocenters. The summed E-state index contributed by atoms with van der Waals surface area (Å²) in [4.78, 5) is 17.4. The average Bonchev–Trinajstić information content (AvgIpc) is 3.08. The third-order valence-corrected chi connectivity index (χ3v) is 6.93. The molecule has 0 aliphatic heterocycles. The van der Waals surface area contributed by atoms with Crippen molar-refractivity contribution in [3.8, 4) is 5.75 Å². The maximum atomic E-state index is 13.0. The van der Waals surface area contributed by atoms with Crippen LogP contribution in [0.25, 0.3) is 10.2 Å². The molecule has 0 saturated carbocycles. The highest BCUT2D eigenvalue weighted by Crippen LogP contribution is 2.25. The number of thiazole rings is 1. The topological polar surface area (TPSA) is 97.4 Å². The van der Waals surface area contributed by atoms with Gasteiger partial charge in [0.05, 0.1) is 26.7 Å². The van der Waals surface area contributed by atoms with Crippen molar-refractivity contribution in [1.29, 1.82) is 0 Å². The molecule has 1 unspecified atom stereocenters. The Labute approximate surface area is 186 Å². The van der Waals surface area contributed by atoms with Gasteiger partial charge in [-0.05, 0) is 68.7 Å². The molecule has 1 aromatic heterocycles. The number of nitrogens with one attached hydrogen (secondary N) is 2. The Morgan fingerprint density at radius 1 is 1.16 bits per heavy atom. The number of aromatic nitrogens is 1. The van der Waals surface area contributed by atoms with Gasteiger partial charge in [-0.3, -0.25) is 4.79 Å². The molecule has 0 aliphatic rings. The minimum atomic E-state index is -3.89. The summed E-state index contributed by atoms with van der Waals surface area (Å²) >= 11 is 1.43. The van der Waals surface area contributed by atoms with Gasteiger partial charge in [0.1, 0.15) is 11.8 Å². The van der Waals surface area contributed by atoms with E-state index in [2.05, 4.69) is 15.0 Å². The number of carbonyl (C=O) groups is 1. The predicted octanol–water partition coefficient (Wildman–Crippen LogP) is 4.34. The van der Waals surface area contributed by atoms with Crippen LogP contribution in [0.1, 0.15) is 32.2 Å². The quantitative estimate of drug-likeness (QED) is 0.494. The second-order valence-corrected chi connectivity index (χ2v) is 10.6. The zero-order valence-corrected chi connectivity index (χ0v) is 19.6. The highest BCUT2D eigenvalue weighted by molar-refractivity contribution is 7.89. The van der Waals surface area contributed by atoms with Crippen molar-refractivity contribution in [2.75, 3.05) is 11.9 Å². The van der Waals surface area contributed by atoms with E-state index in [4.69, 9.17) is 4.74 Å². The van der Waals surface area contributed by atoms with Crippen molar-refractivity contribution in [3.63, 3.8) is 0 Å². The third-order valence-electron chi connectivity index (χ3n) is 4.53. The van der Waals surface area contributed by atoms with Gasteiger partial charge in [0.15, 0.2) is 0 Å². The van der Waals surface area contributed by atoms with Crippen molar-refractivity contribution in [2.45, 2.75) is 45.1 Å². The van der Waals surface area contributed by atoms with Crippen LogP contribution < -0.4 is 14.8 Å². The second kappa shape index (κ2) is 9.76. The minimum absolute atomic E-state index is 0.116. The summed E-state index contributed by atoms with van der Waals surface area (Å²) in [6.45, 7) is 8.21. The molecule has 0 bridgehead atoms. The second-order valence-electron chi connectivity index (χ2n) is 7.61. The van der Waals surface area contributed by atoms with Crippen molar-refractivity contribution in [1.82, 2.24) is 9.71 Å². The van der Waals surface area contributed by atoms with Gasteiger partial charge < -0.3 is 10.1 Å². The fraction of sp³-hybridized carbons (Fsp3) is 0.364. The van der Waals surface area contributed by atoms with Gasteiger partial charge in [-0.25, -0.2) is 13.4 Å². The summed E-state index contributed by atoms with van der Waals surface area (Å²) in [6.07, 6.45) is 0.365. The summed E-state index contributed by atoms with van der Waals surface area (Å²) in [5.74, 6) is 0.412. The summed E-state index contributed by atoms with van der Waals surface area (Å²) < 4.78 is 34.8. The Morgan fingerprint density at radius 3 is 2.52 bits per heavy atom. The molecule has 0 fully saturated rings. The summed E-state index contributed by atoms with van der Waals surface area (Å²) in [5.41, 5.74) is 1.33. The molecule has 1 amide bonds. The molecular formula is C22H27N3O4S2. The van der Waals surface area contributed by atoms with Crippen LogP contribution in [-0.2, 0) is 14.8 Å². The lowest BCUT2D eigenvalue weighted by Gasteiger charge is -2.20. The Kier molecular flexibility index (Phi) is 7.30. The van der Waals surface area contributed by atoms with Crippen molar-refractivity contribution < 1.29 is 17.9 Å². The molecule has 1 heterocycles. The predicted molar refractivity (Wildman–Crippen MR) is 124 cm³/mol. The van der Waals surface area contributed by atoms with Crippen molar-refractivity contribution in [3.05, 3.63) is 47.5 Å². The van der Waals surface area contributed by atoms with Gasteiger partial charge in [-0.1, -0.05) is 13.8 Å². The molecule has 3 aromatic rings. The molecule has 2 aromatic carbocycles.